The van der Waals surface area contributed by atoms with Gasteiger partial charge in [0.25, 0.3) is 10.0 Å². The molecule has 0 saturated heterocycles. The van der Waals surface area contributed by atoms with Gasteiger partial charge in [0.05, 0.1) is 25.4 Å². The van der Waals surface area contributed by atoms with Gasteiger partial charge < -0.3 is 14.1 Å². The van der Waals surface area contributed by atoms with E-state index in [1.165, 1.54) is 0 Å². The van der Waals surface area contributed by atoms with Gasteiger partial charge in [0.1, 0.15) is 17.6 Å². The van der Waals surface area contributed by atoms with Crippen LogP contribution in [0.15, 0.2) is 32.2 Å². The number of hydrogen-bond acceptors (Lipinski definition) is 8. The van der Waals surface area contributed by atoms with E-state index in [0.717, 1.165) is 18.1 Å². The molecule has 26 heavy (non-hydrogen) atoms. The lowest BCUT2D eigenvalue weighted by molar-refractivity contribution is 0.249. The Morgan fingerprint density at radius 1 is 1.38 bits per heavy atom. The maximum absolute atomic E-state index is 11.9. The number of furan rings is 1. The van der Waals surface area contributed by atoms with Crippen LogP contribution in [-0.4, -0.2) is 52.2 Å². The Labute approximate surface area is 158 Å². The van der Waals surface area contributed by atoms with Gasteiger partial charge in [0, 0.05) is 5.75 Å². The van der Waals surface area contributed by atoms with Gasteiger partial charge >= 0.3 is 0 Å². The first-order valence-electron chi connectivity index (χ1n) is 8.02. The highest BCUT2D eigenvalue weighted by atomic mass is 32.2. The highest BCUT2D eigenvalue weighted by molar-refractivity contribution is 7.98. The van der Waals surface area contributed by atoms with Gasteiger partial charge in [-0.2, -0.15) is 17.0 Å². The maximum atomic E-state index is 11.9. The monoisotopic (exact) mass is 398 g/mol. The Morgan fingerprint density at radius 2 is 2.12 bits per heavy atom. The third-order valence-corrected chi connectivity index (χ3v) is 5.49. The van der Waals surface area contributed by atoms with Crippen LogP contribution in [0.2, 0.25) is 0 Å². The average Bonchev–Trinajstić information content (AvgIpc) is 3.08. The van der Waals surface area contributed by atoms with Gasteiger partial charge in [0.2, 0.25) is 4.91 Å². The van der Waals surface area contributed by atoms with E-state index in [2.05, 4.69) is 9.71 Å². The van der Waals surface area contributed by atoms with Crippen LogP contribution in [-0.2, 0) is 27.1 Å². The molecule has 1 aliphatic rings. The average molecular weight is 399 g/mol. The minimum atomic E-state index is -3.86. The lowest BCUT2D eigenvalue weighted by atomic mass is 10.4. The molecule has 1 aliphatic heterocycles. The highest BCUT2D eigenvalue weighted by Crippen LogP contribution is 2.21. The molecule has 0 spiro atoms. The van der Waals surface area contributed by atoms with Gasteiger partial charge in [-0.1, -0.05) is 0 Å². The van der Waals surface area contributed by atoms with Crippen molar-refractivity contribution in [1.82, 2.24) is 9.62 Å². The van der Waals surface area contributed by atoms with Gasteiger partial charge in [-0.3, -0.25) is 9.71 Å². The number of hydrogen-bond donors (Lipinski definition) is 1. The fraction of sp³-hybridized carbons (Fsp3) is 0.500. The van der Waals surface area contributed by atoms with Crippen molar-refractivity contribution in [3.8, 4) is 6.07 Å². The van der Waals surface area contributed by atoms with Crippen molar-refractivity contribution >= 4 is 27.6 Å². The fourth-order valence-electron chi connectivity index (χ4n) is 2.24. The zero-order chi connectivity index (χ0) is 19.2. The smallest absolute Gasteiger partial charge is 0.277 e. The highest BCUT2D eigenvalue weighted by Gasteiger charge is 2.35. The van der Waals surface area contributed by atoms with Crippen molar-refractivity contribution in [1.29, 1.82) is 5.26 Å². The van der Waals surface area contributed by atoms with Gasteiger partial charge in [-0.15, -0.1) is 0 Å². The summed E-state index contributed by atoms with van der Waals surface area (Å²) in [5, 5.41) is 9.03. The number of amidine groups is 1. The second-order valence-corrected chi connectivity index (χ2v) is 8.42. The van der Waals surface area contributed by atoms with Crippen LogP contribution in [0.4, 0.5) is 0 Å². The van der Waals surface area contributed by atoms with E-state index in [-0.39, 0.29) is 18.2 Å². The van der Waals surface area contributed by atoms with Gasteiger partial charge in [-0.25, -0.2) is 8.42 Å². The zero-order valence-electron chi connectivity index (χ0n) is 15.0. The lowest BCUT2D eigenvalue weighted by Gasteiger charge is -2.06. The quantitative estimate of drug-likeness (QED) is 0.630. The minimum Gasteiger partial charge on any atom is -0.488 e. The fourth-order valence-corrected chi connectivity index (χ4v) is 3.99. The number of nitrogens with zero attached hydrogens (tertiary/aromatic N) is 3. The molecule has 1 aromatic heterocycles. The third kappa shape index (κ3) is 5.27. The van der Waals surface area contributed by atoms with Crippen LogP contribution < -0.4 is 4.72 Å². The molecule has 0 radical (unpaired) electrons. The number of thioether (sulfide) groups is 1. The summed E-state index contributed by atoms with van der Waals surface area (Å²) in [4.78, 5) is 5.84. The van der Waals surface area contributed by atoms with Crippen LogP contribution in [0.1, 0.15) is 18.4 Å². The first-order chi connectivity index (χ1) is 12.4. The number of sulfonamides is 1. The second kappa shape index (κ2) is 9.12. The summed E-state index contributed by atoms with van der Waals surface area (Å²) in [6.07, 6.45) is 0. The summed E-state index contributed by atoms with van der Waals surface area (Å²) in [5.74, 6) is 3.29. The molecule has 8 nitrogen and oxygen atoms in total. The molecule has 0 bridgehead atoms. The van der Waals surface area contributed by atoms with Crippen LogP contribution in [0.3, 0.4) is 0 Å². The number of aliphatic imine (C=N–C) groups is 1. The van der Waals surface area contributed by atoms with E-state index in [1.807, 2.05) is 31.1 Å². The number of nitrogens with one attached hydrogen (secondary N) is 1. The van der Waals surface area contributed by atoms with Crippen molar-refractivity contribution in [2.75, 3.05) is 33.0 Å². The zero-order valence-corrected chi connectivity index (χ0v) is 16.6. The summed E-state index contributed by atoms with van der Waals surface area (Å²) in [7, 11) is 0.101. The number of rotatable bonds is 9. The van der Waals surface area contributed by atoms with E-state index in [9.17, 15) is 8.42 Å². The van der Waals surface area contributed by atoms with E-state index in [1.54, 1.807) is 24.8 Å². The van der Waals surface area contributed by atoms with E-state index < -0.39 is 14.9 Å². The normalized spacial score (nSPS) is 17.6. The van der Waals surface area contributed by atoms with Crippen LogP contribution >= 0.6 is 11.8 Å². The molecular weight excluding hydrogens is 376 g/mol. The summed E-state index contributed by atoms with van der Waals surface area (Å²) in [6, 6.07) is 5.58. The minimum absolute atomic E-state index is 0.000591. The summed E-state index contributed by atoms with van der Waals surface area (Å²) >= 11 is 1.63. The van der Waals surface area contributed by atoms with Crippen molar-refractivity contribution < 1.29 is 17.6 Å². The molecule has 0 aliphatic carbocycles. The van der Waals surface area contributed by atoms with Gasteiger partial charge in [0.15, 0.2) is 11.6 Å². The Morgan fingerprint density at radius 3 is 2.77 bits per heavy atom. The molecule has 142 valence electrons. The summed E-state index contributed by atoms with van der Waals surface area (Å²) in [5.41, 5.74) is 0. The molecule has 0 unspecified atom stereocenters. The first-order valence-corrected chi connectivity index (χ1v) is 10.7. The van der Waals surface area contributed by atoms with E-state index in [0.29, 0.717) is 18.1 Å². The molecule has 0 aromatic carbocycles. The Bertz CT molecular complexity index is 835. The largest absolute Gasteiger partial charge is 0.488 e. The SMILES string of the molecule is CCOC1=C(C#N)S(=O)(=O)NC1=NCCSCc1ccc(CN(C)C)o1. The predicted octanol–water partition coefficient (Wildman–Crippen LogP) is 1.68. The number of nitriles is 1. The standard InChI is InChI=1S/C16H22N4O4S2/c1-4-23-15-14(9-17)26(21,22)19-16(15)18-7-8-25-11-13-6-5-12(24-13)10-20(2)3/h5-6H,4,7-8,10-11H2,1-3H3,(H,18,19). The maximum Gasteiger partial charge on any atom is 0.277 e. The van der Waals surface area contributed by atoms with Gasteiger partial charge in [-0.05, 0) is 33.2 Å². The Kier molecular flexibility index (Phi) is 7.14. The van der Waals surface area contributed by atoms with Crippen LogP contribution in [0.5, 0.6) is 0 Å². The van der Waals surface area contributed by atoms with E-state index in [4.69, 9.17) is 14.4 Å². The summed E-state index contributed by atoms with van der Waals surface area (Å²) in [6.45, 7) is 3.11. The molecule has 0 saturated carbocycles. The molecule has 0 amide bonds. The molecule has 1 aromatic rings. The Hall–Kier alpha value is -1.96. The summed E-state index contributed by atoms with van der Waals surface area (Å²) < 4.78 is 37.0. The van der Waals surface area contributed by atoms with Crippen molar-refractivity contribution in [3.05, 3.63) is 34.3 Å². The van der Waals surface area contributed by atoms with Crippen molar-refractivity contribution in [3.63, 3.8) is 0 Å². The lowest BCUT2D eigenvalue weighted by Crippen LogP contribution is -2.24. The molecule has 2 heterocycles. The Balaban J connectivity index is 1.87. The molecule has 1 N–H and O–H groups in total. The predicted molar refractivity (Wildman–Crippen MR) is 101 cm³/mol. The molecule has 0 fully saturated rings. The van der Waals surface area contributed by atoms with Crippen molar-refractivity contribution in [2.24, 2.45) is 4.99 Å². The van der Waals surface area contributed by atoms with Crippen molar-refractivity contribution in [2.45, 2.75) is 19.2 Å². The second-order valence-electron chi connectivity index (χ2n) is 5.70. The molecular formula is C16H22N4O4S2. The number of allylic oxidation sites excluding steroid dienone is 1. The molecule has 10 heteroatoms. The number of ether oxygens (including phenoxy) is 1. The first kappa shape index (κ1) is 20.4. The van der Waals surface area contributed by atoms with Crippen LogP contribution in [0, 0.1) is 11.3 Å². The third-order valence-electron chi connectivity index (χ3n) is 3.25. The van der Waals surface area contributed by atoms with Crippen LogP contribution in [0.25, 0.3) is 0 Å². The molecule has 2 rings (SSSR count). The molecule has 0 atom stereocenters. The van der Waals surface area contributed by atoms with E-state index >= 15 is 0 Å². The topological polar surface area (TPSA) is 108 Å².